The molecular weight excluding hydrogens is 252 g/mol. The lowest BCUT2D eigenvalue weighted by Crippen LogP contribution is -2.19. The third kappa shape index (κ3) is 4.90. The van der Waals surface area contributed by atoms with Gasteiger partial charge in [0.15, 0.2) is 0 Å². The van der Waals surface area contributed by atoms with Gasteiger partial charge in [0.05, 0.1) is 12.7 Å². The standard InChI is InChI=1S/C8H8O3.C4H4N2O2/c1-11-8(10)6-2-4-7(9)5-3-6;7-3-1-2-5-4(8)6-3/h2-5,9H,1H3;1-2H,(H2,5,6,7,8). The monoisotopic (exact) mass is 264 g/mol. The van der Waals surface area contributed by atoms with Crippen molar-refractivity contribution < 1.29 is 14.6 Å². The Morgan fingerprint density at radius 1 is 1.16 bits per heavy atom. The number of aromatic nitrogens is 2. The smallest absolute Gasteiger partial charge is 0.337 e. The minimum atomic E-state index is -0.475. The molecule has 0 radical (unpaired) electrons. The summed E-state index contributed by atoms with van der Waals surface area (Å²) in [5, 5.41) is 8.86. The second-order valence-corrected chi connectivity index (χ2v) is 3.33. The highest BCUT2D eigenvalue weighted by atomic mass is 16.5. The Bertz CT molecular complexity index is 617. The summed E-state index contributed by atoms with van der Waals surface area (Å²) in [7, 11) is 1.31. The van der Waals surface area contributed by atoms with Crippen molar-refractivity contribution in [1.29, 1.82) is 0 Å². The molecule has 0 fully saturated rings. The van der Waals surface area contributed by atoms with Gasteiger partial charge in [0, 0.05) is 12.3 Å². The number of hydrogen-bond donors (Lipinski definition) is 3. The zero-order chi connectivity index (χ0) is 14.3. The van der Waals surface area contributed by atoms with Gasteiger partial charge in [-0.15, -0.1) is 0 Å². The van der Waals surface area contributed by atoms with Crippen LogP contribution in [-0.4, -0.2) is 28.2 Å². The van der Waals surface area contributed by atoms with Crippen molar-refractivity contribution in [1.82, 2.24) is 9.97 Å². The molecule has 0 aliphatic rings. The Labute approximate surface area is 107 Å². The van der Waals surface area contributed by atoms with Crippen LogP contribution in [0.2, 0.25) is 0 Å². The number of rotatable bonds is 1. The SMILES string of the molecule is COC(=O)c1ccc(O)cc1.O=c1cc[nH]c(=O)[nH]1. The van der Waals surface area contributed by atoms with E-state index in [1.54, 1.807) is 0 Å². The third-order valence-corrected chi connectivity index (χ3v) is 1.97. The molecular formula is C12H12N2O5. The number of aromatic hydroxyl groups is 1. The van der Waals surface area contributed by atoms with Gasteiger partial charge < -0.3 is 14.8 Å². The molecule has 7 nitrogen and oxygen atoms in total. The van der Waals surface area contributed by atoms with Crippen molar-refractivity contribution in [2.24, 2.45) is 0 Å². The van der Waals surface area contributed by atoms with Gasteiger partial charge in [0.2, 0.25) is 0 Å². The predicted octanol–water partition coefficient (Wildman–Crippen LogP) is 0.242. The molecule has 0 unspecified atom stereocenters. The maximum Gasteiger partial charge on any atom is 0.337 e. The summed E-state index contributed by atoms with van der Waals surface area (Å²) >= 11 is 0. The van der Waals surface area contributed by atoms with Gasteiger partial charge in [-0.3, -0.25) is 9.78 Å². The lowest BCUT2D eigenvalue weighted by molar-refractivity contribution is 0.0600. The molecule has 7 heteroatoms. The summed E-state index contributed by atoms with van der Waals surface area (Å²) < 4.78 is 4.46. The van der Waals surface area contributed by atoms with Crippen LogP contribution < -0.4 is 11.2 Å². The average Bonchev–Trinajstić information content (AvgIpc) is 2.39. The van der Waals surface area contributed by atoms with E-state index in [2.05, 4.69) is 9.72 Å². The van der Waals surface area contributed by atoms with Crippen molar-refractivity contribution in [3.63, 3.8) is 0 Å². The molecule has 0 saturated heterocycles. The lowest BCUT2D eigenvalue weighted by Gasteiger charge is -1.97. The summed E-state index contributed by atoms with van der Waals surface area (Å²) in [5.41, 5.74) is -0.420. The number of carbonyl (C=O) groups is 1. The zero-order valence-corrected chi connectivity index (χ0v) is 10.0. The van der Waals surface area contributed by atoms with Gasteiger partial charge in [0.1, 0.15) is 5.75 Å². The molecule has 1 aromatic heterocycles. The van der Waals surface area contributed by atoms with Crippen molar-refractivity contribution in [2.75, 3.05) is 7.11 Å². The summed E-state index contributed by atoms with van der Waals surface area (Å²) in [6.45, 7) is 0. The van der Waals surface area contributed by atoms with Crippen molar-refractivity contribution in [3.8, 4) is 5.75 Å². The topological polar surface area (TPSA) is 112 Å². The van der Waals surface area contributed by atoms with Crippen LogP contribution in [0.5, 0.6) is 5.75 Å². The van der Waals surface area contributed by atoms with E-state index in [-0.39, 0.29) is 11.3 Å². The summed E-state index contributed by atoms with van der Waals surface area (Å²) in [5.74, 6) is -0.261. The van der Waals surface area contributed by atoms with Crippen LogP contribution in [0.15, 0.2) is 46.1 Å². The number of phenolic OH excluding ortho intramolecular Hbond substituents is 1. The highest BCUT2D eigenvalue weighted by Crippen LogP contribution is 2.09. The van der Waals surface area contributed by atoms with Gasteiger partial charge in [-0.2, -0.15) is 0 Å². The Hall–Kier alpha value is -2.83. The fraction of sp³-hybridized carbons (Fsp3) is 0.0833. The fourth-order valence-electron chi connectivity index (χ4n) is 1.10. The van der Waals surface area contributed by atoms with Crippen LogP contribution in [0, 0.1) is 0 Å². The molecule has 100 valence electrons. The summed E-state index contributed by atoms with van der Waals surface area (Å²) in [6.07, 6.45) is 1.29. The van der Waals surface area contributed by atoms with E-state index in [1.807, 2.05) is 4.98 Å². The molecule has 0 aliphatic carbocycles. The first-order valence-corrected chi connectivity index (χ1v) is 5.18. The molecule has 2 rings (SSSR count). The predicted molar refractivity (Wildman–Crippen MR) is 67.1 cm³/mol. The molecule has 19 heavy (non-hydrogen) atoms. The number of hydrogen-bond acceptors (Lipinski definition) is 5. The Balaban J connectivity index is 0.000000200. The van der Waals surface area contributed by atoms with Crippen molar-refractivity contribution in [2.45, 2.75) is 0 Å². The van der Waals surface area contributed by atoms with Crippen LogP contribution in [0.4, 0.5) is 0 Å². The minimum absolute atomic E-state index is 0.137. The van der Waals surface area contributed by atoms with Gasteiger partial charge >= 0.3 is 11.7 Å². The van der Waals surface area contributed by atoms with Crippen LogP contribution >= 0.6 is 0 Å². The molecule has 2 aromatic rings. The molecule has 0 atom stereocenters. The van der Waals surface area contributed by atoms with E-state index < -0.39 is 11.7 Å². The molecule has 1 aromatic carbocycles. The fourth-order valence-corrected chi connectivity index (χ4v) is 1.10. The van der Waals surface area contributed by atoms with Gasteiger partial charge in [-0.25, -0.2) is 9.59 Å². The Morgan fingerprint density at radius 2 is 1.79 bits per heavy atom. The molecule has 1 heterocycles. The maximum atomic E-state index is 10.8. The van der Waals surface area contributed by atoms with Crippen LogP contribution in [0.25, 0.3) is 0 Å². The number of aromatic amines is 2. The van der Waals surface area contributed by atoms with Crippen molar-refractivity contribution in [3.05, 3.63) is 62.9 Å². The van der Waals surface area contributed by atoms with E-state index in [1.165, 1.54) is 43.6 Å². The lowest BCUT2D eigenvalue weighted by atomic mass is 10.2. The second kappa shape index (κ2) is 6.80. The first kappa shape index (κ1) is 14.2. The summed E-state index contributed by atoms with van der Waals surface area (Å²) in [4.78, 5) is 35.5. The number of benzene rings is 1. The second-order valence-electron chi connectivity index (χ2n) is 3.33. The number of H-pyrrole nitrogens is 2. The quantitative estimate of drug-likeness (QED) is 0.639. The maximum absolute atomic E-state index is 10.8. The third-order valence-electron chi connectivity index (χ3n) is 1.97. The van der Waals surface area contributed by atoms with E-state index in [0.29, 0.717) is 5.56 Å². The summed E-state index contributed by atoms with van der Waals surface area (Å²) in [6, 6.07) is 7.11. The van der Waals surface area contributed by atoms with E-state index in [9.17, 15) is 14.4 Å². The van der Waals surface area contributed by atoms with E-state index >= 15 is 0 Å². The highest BCUT2D eigenvalue weighted by Gasteiger charge is 2.02. The van der Waals surface area contributed by atoms with Crippen LogP contribution in [-0.2, 0) is 4.74 Å². The first-order chi connectivity index (χ1) is 9.02. The average molecular weight is 264 g/mol. The molecule has 0 amide bonds. The number of esters is 1. The van der Waals surface area contributed by atoms with Gasteiger partial charge in [-0.05, 0) is 24.3 Å². The number of ether oxygens (including phenoxy) is 1. The van der Waals surface area contributed by atoms with Crippen LogP contribution in [0.1, 0.15) is 10.4 Å². The molecule has 0 saturated carbocycles. The molecule has 0 bridgehead atoms. The van der Waals surface area contributed by atoms with Crippen LogP contribution in [0.3, 0.4) is 0 Å². The number of nitrogens with one attached hydrogen (secondary N) is 2. The number of carbonyl (C=O) groups excluding carboxylic acids is 1. The number of phenols is 1. The van der Waals surface area contributed by atoms with E-state index in [4.69, 9.17) is 5.11 Å². The Morgan fingerprint density at radius 3 is 2.21 bits per heavy atom. The van der Waals surface area contributed by atoms with E-state index in [0.717, 1.165) is 0 Å². The normalized spacial score (nSPS) is 9.11. The first-order valence-electron chi connectivity index (χ1n) is 5.18. The molecule has 0 aliphatic heterocycles. The highest BCUT2D eigenvalue weighted by molar-refractivity contribution is 5.89. The Kier molecular flexibility index (Phi) is 5.09. The molecule has 0 spiro atoms. The minimum Gasteiger partial charge on any atom is -0.508 e. The molecule has 3 N–H and O–H groups in total. The largest absolute Gasteiger partial charge is 0.508 e. The van der Waals surface area contributed by atoms with Gasteiger partial charge in [-0.1, -0.05) is 0 Å². The number of methoxy groups -OCH3 is 1. The van der Waals surface area contributed by atoms with Crippen molar-refractivity contribution >= 4 is 5.97 Å². The van der Waals surface area contributed by atoms with Gasteiger partial charge in [0.25, 0.3) is 5.56 Å². The zero-order valence-electron chi connectivity index (χ0n) is 10.0.